The second kappa shape index (κ2) is 10.3. The maximum absolute atomic E-state index is 13.1. The number of benzene rings is 1. The lowest BCUT2D eigenvalue weighted by atomic mass is 9.97. The van der Waals surface area contributed by atoms with E-state index in [1.807, 2.05) is 17.2 Å². The first-order chi connectivity index (χ1) is 15.6. The maximum Gasteiger partial charge on any atom is 0.249 e. The largest absolute Gasteiger partial charge is 0.497 e. The van der Waals surface area contributed by atoms with Gasteiger partial charge in [-0.05, 0) is 55.2 Å². The van der Waals surface area contributed by atoms with Gasteiger partial charge < -0.3 is 18.9 Å². The van der Waals surface area contributed by atoms with Crippen LogP contribution in [0.25, 0.3) is 0 Å². The Bertz CT molecular complexity index is 1070. The van der Waals surface area contributed by atoms with Crippen molar-refractivity contribution in [3.63, 3.8) is 0 Å². The highest BCUT2D eigenvalue weighted by Crippen LogP contribution is 2.32. The maximum atomic E-state index is 13.1. The third kappa shape index (κ3) is 5.26. The fourth-order valence-electron chi connectivity index (χ4n) is 4.54. The Balaban J connectivity index is 1.58. The van der Waals surface area contributed by atoms with E-state index in [1.54, 1.807) is 33.1 Å². The number of sulfonamides is 1. The fraction of sp³-hybridized carbons (Fsp3) is 0.542. The number of rotatable bonds is 9. The molecule has 9 heteroatoms. The number of fused-ring (bicyclic) bond motifs is 1. The third-order valence-corrected chi connectivity index (χ3v) is 8.31. The zero-order chi connectivity index (χ0) is 24.3. The number of carbonyl (C=O) groups excluding carboxylic acids is 1. The molecule has 0 fully saturated rings. The molecule has 2 heterocycles. The molecule has 1 atom stereocenters. The molecule has 0 spiro atoms. The molecule has 0 bridgehead atoms. The minimum atomic E-state index is -3.69. The molecule has 1 aromatic carbocycles. The normalized spacial score (nSPS) is 16.4. The number of aryl methyl sites for hydroxylation is 2. The molecule has 3 rings (SSSR count). The number of ether oxygens (including phenoxy) is 2. The van der Waals surface area contributed by atoms with Crippen molar-refractivity contribution >= 4 is 15.9 Å². The van der Waals surface area contributed by atoms with Crippen molar-refractivity contribution in [2.24, 2.45) is 5.92 Å². The van der Waals surface area contributed by atoms with Crippen LogP contribution in [0.5, 0.6) is 5.75 Å². The molecule has 1 amide bonds. The van der Waals surface area contributed by atoms with Gasteiger partial charge in [0.2, 0.25) is 15.9 Å². The molecule has 182 valence electrons. The molecule has 1 unspecified atom stereocenters. The van der Waals surface area contributed by atoms with Crippen molar-refractivity contribution in [1.29, 1.82) is 0 Å². The van der Waals surface area contributed by atoms with Gasteiger partial charge in [0.1, 0.15) is 12.4 Å². The molecular weight excluding hydrogens is 442 g/mol. The molecule has 2 aromatic rings. The number of hydrogen-bond donors (Lipinski definition) is 0. The summed E-state index contributed by atoms with van der Waals surface area (Å²) >= 11 is 0. The van der Waals surface area contributed by atoms with Gasteiger partial charge in [0.15, 0.2) is 0 Å². The zero-order valence-corrected chi connectivity index (χ0v) is 21.2. The van der Waals surface area contributed by atoms with Gasteiger partial charge in [-0.25, -0.2) is 8.42 Å². The third-order valence-electron chi connectivity index (χ3n) is 6.15. The quantitative estimate of drug-likeness (QED) is 0.519. The summed E-state index contributed by atoms with van der Waals surface area (Å²) in [5.41, 5.74) is 2.40. The Morgan fingerprint density at radius 1 is 1.21 bits per heavy atom. The molecule has 1 aliphatic heterocycles. The second-order valence-corrected chi connectivity index (χ2v) is 10.9. The van der Waals surface area contributed by atoms with E-state index in [9.17, 15) is 13.2 Å². The molecule has 0 aliphatic carbocycles. The lowest BCUT2D eigenvalue weighted by molar-refractivity contribution is -0.141. The van der Waals surface area contributed by atoms with Crippen molar-refractivity contribution in [2.75, 3.05) is 40.5 Å². The van der Waals surface area contributed by atoms with Crippen molar-refractivity contribution in [3.8, 4) is 5.75 Å². The summed E-state index contributed by atoms with van der Waals surface area (Å²) in [5, 5.41) is 0. The number of aromatic nitrogens is 1. The highest BCUT2D eigenvalue weighted by molar-refractivity contribution is 7.89. The smallest absolute Gasteiger partial charge is 0.249 e. The van der Waals surface area contributed by atoms with E-state index in [2.05, 4.69) is 24.5 Å². The Hall–Kier alpha value is -2.36. The second-order valence-electron chi connectivity index (χ2n) is 8.87. The Kier molecular flexibility index (Phi) is 7.87. The summed E-state index contributed by atoms with van der Waals surface area (Å²) in [4.78, 5) is 15.1. The molecule has 33 heavy (non-hydrogen) atoms. The van der Waals surface area contributed by atoms with Gasteiger partial charge in [-0.3, -0.25) is 4.79 Å². The monoisotopic (exact) mass is 477 g/mol. The number of hydrogen-bond acceptors (Lipinski definition) is 5. The first kappa shape index (κ1) is 25.3. The number of carbonyl (C=O) groups is 1. The van der Waals surface area contributed by atoms with Gasteiger partial charge in [0, 0.05) is 38.6 Å². The SMILES string of the molecule is COc1cc(C)c(S(=O)(=O)N(C)CCOCC(=O)N2CCn3cccc3C2C(C)C)c(C)c1. The van der Waals surface area contributed by atoms with Crippen LogP contribution in [0.3, 0.4) is 0 Å². The van der Waals surface area contributed by atoms with Crippen molar-refractivity contribution in [1.82, 2.24) is 13.8 Å². The van der Waals surface area contributed by atoms with Gasteiger partial charge >= 0.3 is 0 Å². The predicted octanol–water partition coefficient (Wildman–Crippen LogP) is 2.99. The van der Waals surface area contributed by atoms with Crippen LogP contribution < -0.4 is 4.74 Å². The van der Waals surface area contributed by atoms with E-state index in [0.29, 0.717) is 23.4 Å². The van der Waals surface area contributed by atoms with Gasteiger partial charge in [-0.2, -0.15) is 4.31 Å². The molecule has 1 aromatic heterocycles. The van der Waals surface area contributed by atoms with E-state index in [0.717, 1.165) is 12.2 Å². The van der Waals surface area contributed by atoms with Gasteiger partial charge in [0.25, 0.3) is 0 Å². The predicted molar refractivity (Wildman–Crippen MR) is 127 cm³/mol. The fourth-order valence-corrected chi connectivity index (χ4v) is 6.10. The van der Waals surface area contributed by atoms with Crippen LogP contribution >= 0.6 is 0 Å². The topological polar surface area (TPSA) is 81.1 Å². The molecule has 0 saturated heterocycles. The van der Waals surface area contributed by atoms with Gasteiger partial charge in [-0.1, -0.05) is 13.8 Å². The summed E-state index contributed by atoms with van der Waals surface area (Å²) in [7, 11) is -0.615. The Morgan fingerprint density at radius 3 is 2.48 bits per heavy atom. The molecule has 8 nitrogen and oxygen atoms in total. The summed E-state index contributed by atoms with van der Waals surface area (Å²) in [6.07, 6.45) is 2.05. The summed E-state index contributed by atoms with van der Waals surface area (Å²) in [5.74, 6) is 0.821. The van der Waals surface area contributed by atoms with Crippen LogP contribution in [0.4, 0.5) is 0 Å². The van der Waals surface area contributed by atoms with E-state index in [-0.39, 0.29) is 42.5 Å². The number of methoxy groups -OCH3 is 1. The van der Waals surface area contributed by atoms with E-state index < -0.39 is 10.0 Å². The van der Waals surface area contributed by atoms with Crippen molar-refractivity contribution < 1.29 is 22.7 Å². The Morgan fingerprint density at radius 2 is 1.88 bits per heavy atom. The van der Waals surface area contributed by atoms with Crippen LogP contribution in [-0.4, -0.2) is 68.6 Å². The number of nitrogens with zero attached hydrogens (tertiary/aromatic N) is 3. The van der Waals surface area contributed by atoms with Crippen LogP contribution in [0.1, 0.15) is 36.7 Å². The average molecular weight is 478 g/mol. The van der Waals surface area contributed by atoms with Gasteiger partial charge in [0.05, 0.1) is 24.7 Å². The number of likely N-dealkylation sites (N-methyl/N-ethyl adjacent to an activating group) is 1. The van der Waals surface area contributed by atoms with Crippen molar-refractivity contribution in [2.45, 2.75) is 45.2 Å². The molecule has 1 aliphatic rings. The molecule has 0 saturated carbocycles. The summed E-state index contributed by atoms with van der Waals surface area (Å²) in [6, 6.07) is 7.51. The van der Waals surface area contributed by atoms with Crippen LogP contribution in [0.2, 0.25) is 0 Å². The molecule has 0 N–H and O–H groups in total. The first-order valence-electron chi connectivity index (χ1n) is 11.2. The molecular formula is C24H35N3O5S. The first-order valence-corrected chi connectivity index (χ1v) is 12.7. The minimum Gasteiger partial charge on any atom is -0.497 e. The standard InChI is InChI=1S/C24H35N3O5S/c1-17(2)23-21-8-7-9-26(21)10-11-27(23)22(28)16-32-13-12-25(5)33(29,30)24-18(3)14-20(31-6)15-19(24)4/h7-9,14-15,17,23H,10-13,16H2,1-6H3. The summed E-state index contributed by atoms with van der Waals surface area (Å²) in [6.45, 7) is 9.34. The van der Waals surface area contributed by atoms with Crippen LogP contribution in [0, 0.1) is 19.8 Å². The zero-order valence-electron chi connectivity index (χ0n) is 20.4. The number of amides is 1. The highest BCUT2D eigenvalue weighted by Gasteiger charge is 2.33. The highest BCUT2D eigenvalue weighted by atomic mass is 32.2. The van der Waals surface area contributed by atoms with Gasteiger partial charge in [-0.15, -0.1) is 0 Å². The van der Waals surface area contributed by atoms with E-state index in [4.69, 9.17) is 9.47 Å². The average Bonchev–Trinajstić information content (AvgIpc) is 3.23. The van der Waals surface area contributed by atoms with Crippen LogP contribution in [0.15, 0.2) is 35.4 Å². The molecule has 0 radical (unpaired) electrons. The Labute approximate surface area is 197 Å². The van der Waals surface area contributed by atoms with E-state index >= 15 is 0 Å². The van der Waals surface area contributed by atoms with Crippen LogP contribution in [-0.2, 0) is 26.1 Å². The minimum absolute atomic E-state index is 0.00826. The lowest BCUT2D eigenvalue weighted by Gasteiger charge is -2.39. The summed E-state index contributed by atoms with van der Waals surface area (Å²) < 4.78 is 40.5. The van der Waals surface area contributed by atoms with Crippen molar-refractivity contribution in [3.05, 3.63) is 47.3 Å². The van der Waals surface area contributed by atoms with E-state index in [1.165, 1.54) is 11.4 Å². The lowest BCUT2D eigenvalue weighted by Crippen LogP contribution is -2.45.